The lowest BCUT2D eigenvalue weighted by atomic mass is 10.1. The highest BCUT2D eigenvalue weighted by molar-refractivity contribution is 8.15. The molecule has 3 aromatic rings. The number of carbonyl (C=O) groups excluding carboxylic acids is 2. The number of rotatable bonds is 3. The normalized spacial score (nSPS) is 17.9. The van der Waals surface area contributed by atoms with Gasteiger partial charge in [0.2, 0.25) is 5.91 Å². The Bertz CT molecular complexity index is 1300. The van der Waals surface area contributed by atoms with Crippen LogP contribution in [0.2, 0.25) is 0 Å². The summed E-state index contributed by atoms with van der Waals surface area (Å²) in [5.41, 5.74) is -0.422. The van der Waals surface area contributed by atoms with Crippen molar-refractivity contribution in [3.63, 3.8) is 0 Å². The van der Waals surface area contributed by atoms with E-state index in [0.29, 0.717) is 17.0 Å². The van der Waals surface area contributed by atoms with Crippen molar-refractivity contribution < 1.29 is 31.2 Å². The Morgan fingerprint density at radius 1 is 1.03 bits per heavy atom. The highest BCUT2D eigenvalue weighted by atomic mass is 32.2. The molecule has 11 heteroatoms. The topological polar surface area (TPSA) is 76.5 Å². The van der Waals surface area contributed by atoms with Crippen LogP contribution in [0.3, 0.4) is 0 Å². The fourth-order valence-corrected chi connectivity index (χ4v) is 5.68. The maximum Gasteiger partial charge on any atom is 0.416 e. The minimum Gasteiger partial charge on any atom is -0.275 e. The summed E-state index contributed by atoms with van der Waals surface area (Å²) < 4.78 is 66.0. The van der Waals surface area contributed by atoms with Gasteiger partial charge in [0.1, 0.15) is 5.25 Å². The van der Waals surface area contributed by atoms with Gasteiger partial charge in [-0.25, -0.2) is 12.4 Å². The standard InChI is InChI=1S/C19H13F3N2O4S2/c1-23-17(25)16(29-18(23)26)14-6-3-7-15-13(14)8-9-24(15)30(27,28)12-5-2-4-11(10-12)19(20,21)22/h2-10,16H,1H3. The lowest BCUT2D eigenvalue weighted by molar-refractivity contribution is -0.137. The molecule has 156 valence electrons. The molecule has 1 unspecified atom stereocenters. The van der Waals surface area contributed by atoms with Crippen LogP contribution in [0, 0.1) is 0 Å². The smallest absolute Gasteiger partial charge is 0.275 e. The molecule has 1 atom stereocenters. The first-order valence-corrected chi connectivity index (χ1v) is 10.8. The van der Waals surface area contributed by atoms with Gasteiger partial charge in [0.15, 0.2) is 0 Å². The van der Waals surface area contributed by atoms with Crippen molar-refractivity contribution in [1.29, 1.82) is 0 Å². The maximum atomic E-state index is 13.1. The summed E-state index contributed by atoms with van der Waals surface area (Å²) in [6, 6.07) is 9.59. The molecule has 6 nitrogen and oxygen atoms in total. The number of halogens is 3. The molecule has 0 N–H and O–H groups in total. The summed E-state index contributed by atoms with van der Waals surface area (Å²) in [5, 5.41) is -0.821. The van der Waals surface area contributed by atoms with Gasteiger partial charge < -0.3 is 0 Å². The van der Waals surface area contributed by atoms with Gasteiger partial charge in [0, 0.05) is 18.6 Å². The molecule has 4 rings (SSSR count). The molecule has 1 aliphatic rings. The molecule has 0 bridgehead atoms. The predicted molar refractivity (Wildman–Crippen MR) is 104 cm³/mol. The first-order valence-electron chi connectivity index (χ1n) is 8.53. The van der Waals surface area contributed by atoms with Crippen molar-refractivity contribution in [3.8, 4) is 0 Å². The van der Waals surface area contributed by atoms with Crippen LogP contribution in [0.1, 0.15) is 16.4 Å². The molecule has 1 saturated heterocycles. The van der Waals surface area contributed by atoms with Gasteiger partial charge in [-0.05, 0) is 47.7 Å². The molecule has 2 aromatic carbocycles. The average Bonchev–Trinajstić information content (AvgIpc) is 3.25. The summed E-state index contributed by atoms with van der Waals surface area (Å²) >= 11 is 0.821. The molecule has 30 heavy (non-hydrogen) atoms. The molecule has 1 aromatic heterocycles. The first-order chi connectivity index (χ1) is 14.0. The molecule has 2 amide bonds. The molecule has 2 heterocycles. The zero-order valence-corrected chi connectivity index (χ0v) is 16.9. The maximum absolute atomic E-state index is 13.1. The van der Waals surface area contributed by atoms with Gasteiger partial charge in [-0.3, -0.25) is 14.5 Å². The van der Waals surface area contributed by atoms with Gasteiger partial charge >= 0.3 is 6.18 Å². The summed E-state index contributed by atoms with van der Waals surface area (Å²) in [6.45, 7) is 0. The van der Waals surface area contributed by atoms with Crippen molar-refractivity contribution in [1.82, 2.24) is 8.87 Å². The minimum atomic E-state index is -4.68. The third kappa shape index (κ3) is 3.18. The molecule has 0 spiro atoms. The number of hydrogen-bond acceptors (Lipinski definition) is 5. The number of imide groups is 1. The van der Waals surface area contributed by atoms with E-state index < -0.39 is 43.1 Å². The van der Waals surface area contributed by atoms with Crippen LogP contribution in [0.5, 0.6) is 0 Å². The van der Waals surface area contributed by atoms with E-state index in [4.69, 9.17) is 0 Å². The van der Waals surface area contributed by atoms with Crippen molar-refractivity contribution in [3.05, 3.63) is 65.9 Å². The van der Waals surface area contributed by atoms with Crippen molar-refractivity contribution >= 4 is 43.8 Å². The molecule has 0 saturated carbocycles. The first kappa shape index (κ1) is 20.5. The Morgan fingerprint density at radius 3 is 2.37 bits per heavy atom. The number of alkyl halides is 3. The summed E-state index contributed by atoms with van der Waals surface area (Å²) in [5.74, 6) is -0.425. The van der Waals surface area contributed by atoms with E-state index in [1.165, 1.54) is 31.4 Å². The zero-order chi connectivity index (χ0) is 21.8. The number of carbonyl (C=O) groups is 2. The van der Waals surface area contributed by atoms with Gasteiger partial charge in [0.05, 0.1) is 16.0 Å². The zero-order valence-electron chi connectivity index (χ0n) is 15.3. The molecular weight excluding hydrogens is 441 g/mol. The van der Waals surface area contributed by atoms with Gasteiger partial charge in [-0.15, -0.1) is 0 Å². The number of benzene rings is 2. The third-order valence-electron chi connectivity index (χ3n) is 4.78. The Labute approximate surface area is 173 Å². The minimum absolute atomic E-state index is 0.195. The molecule has 1 aliphatic heterocycles. The van der Waals surface area contributed by atoms with Crippen LogP contribution < -0.4 is 0 Å². The van der Waals surface area contributed by atoms with Crippen molar-refractivity contribution in [2.24, 2.45) is 0 Å². The van der Waals surface area contributed by atoms with E-state index in [2.05, 4.69) is 0 Å². The second kappa shape index (κ2) is 6.88. The van der Waals surface area contributed by atoms with Crippen LogP contribution in [0.15, 0.2) is 59.6 Å². The summed E-state index contributed by atoms with van der Waals surface area (Å²) in [6.07, 6.45) is -3.46. The fourth-order valence-electron chi connectivity index (χ4n) is 3.24. The van der Waals surface area contributed by atoms with Crippen LogP contribution in [0.25, 0.3) is 10.9 Å². The van der Waals surface area contributed by atoms with Gasteiger partial charge in [-0.1, -0.05) is 18.2 Å². The molecular formula is C19H13F3N2O4S2. The number of likely N-dealkylation sites (N-methyl/N-ethyl adjacent to an activating group) is 1. The predicted octanol–water partition coefficient (Wildman–Crippen LogP) is 4.26. The second-order valence-electron chi connectivity index (χ2n) is 6.58. The number of nitrogens with zero attached hydrogens (tertiary/aromatic N) is 2. The highest BCUT2D eigenvalue weighted by Gasteiger charge is 2.39. The number of aromatic nitrogens is 1. The van der Waals surface area contributed by atoms with Crippen LogP contribution in [0.4, 0.5) is 18.0 Å². The largest absolute Gasteiger partial charge is 0.416 e. The Balaban J connectivity index is 1.84. The van der Waals surface area contributed by atoms with E-state index >= 15 is 0 Å². The van der Waals surface area contributed by atoms with Crippen molar-refractivity contribution in [2.75, 3.05) is 7.05 Å². The van der Waals surface area contributed by atoms with Gasteiger partial charge in [-0.2, -0.15) is 13.2 Å². The molecule has 0 radical (unpaired) electrons. The highest BCUT2D eigenvalue weighted by Crippen LogP contribution is 2.42. The van der Waals surface area contributed by atoms with E-state index in [9.17, 15) is 31.2 Å². The van der Waals surface area contributed by atoms with Crippen molar-refractivity contribution in [2.45, 2.75) is 16.3 Å². The van der Waals surface area contributed by atoms with Crippen LogP contribution in [-0.4, -0.2) is 35.5 Å². The van der Waals surface area contributed by atoms with Crippen LogP contribution >= 0.6 is 11.8 Å². The number of thioether (sulfide) groups is 1. The van der Waals surface area contributed by atoms with Crippen LogP contribution in [-0.2, 0) is 21.0 Å². The SMILES string of the molecule is CN1C(=O)SC(c2cccc3c2ccn3S(=O)(=O)c2cccc(C(F)(F)F)c2)C1=O. The third-order valence-corrected chi connectivity index (χ3v) is 7.63. The number of amides is 2. The van der Waals surface area contributed by atoms with Gasteiger partial charge in [0.25, 0.3) is 15.3 Å². The van der Waals surface area contributed by atoms with E-state index in [1.807, 2.05) is 0 Å². The lowest BCUT2D eigenvalue weighted by Crippen LogP contribution is -2.24. The summed E-state index contributed by atoms with van der Waals surface area (Å²) in [4.78, 5) is 24.7. The van der Waals surface area contributed by atoms with E-state index in [0.717, 1.165) is 38.8 Å². The monoisotopic (exact) mass is 454 g/mol. The molecule has 0 aliphatic carbocycles. The summed E-state index contributed by atoms with van der Waals surface area (Å²) in [7, 11) is -2.97. The Kier molecular flexibility index (Phi) is 4.70. The van der Waals surface area contributed by atoms with E-state index in [-0.39, 0.29) is 5.52 Å². The van der Waals surface area contributed by atoms with E-state index in [1.54, 1.807) is 6.07 Å². The number of fused-ring (bicyclic) bond motifs is 1. The Hall–Kier alpha value is -2.79. The average molecular weight is 454 g/mol. The Morgan fingerprint density at radius 2 is 1.73 bits per heavy atom. The lowest BCUT2D eigenvalue weighted by Gasteiger charge is -2.12. The quantitative estimate of drug-likeness (QED) is 0.591. The molecule has 1 fully saturated rings. The second-order valence-corrected chi connectivity index (χ2v) is 9.45. The number of hydrogen-bond donors (Lipinski definition) is 0. The fraction of sp³-hybridized carbons (Fsp3) is 0.158.